The van der Waals surface area contributed by atoms with Crippen molar-refractivity contribution < 1.29 is 13.2 Å². The third kappa shape index (κ3) is 1.73. The van der Waals surface area contributed by atoms with E-state index in [2.05, 4.69) is 16.5 Å². The maximum Gasteiger partial charge on any atom is 0.241 e. The smallest absolute Gasteiger partial charge is 0.241 e. The highest BCUT2D eigenvalue weighted by molar-refractivity contribution is 7.89. The summed E-state index contributed by atoms with van der Waals surface area (Å²) in [6, 6.07) is 0.642. The van der Waals surface area contributed by atoms with Crippen LogP contribution in [0.15, 0.2) is 0 Å². The molecule has 1 unspecified atom stereocenters. The van der Waals surface area contributed by atoms with Crippen molar-refractivity contribution in [2.45, 2.75) is 38.3 Å². The molecule has 6 heteroatoms. The Hall–Kier alpha value is -0.620. The zero-order chi connectivity index (χ0) is 12.1. The molecule has 0 bridgehead atoms. The fraction of sp³-hybridized carbons (Fsp3) is 0.900. The molecule has 2 aliphatic rings. The van der Waals surface area contributed by atoms with E-state index >= 15 is 0 Å². The Morgan fingerprint density at radius 3 is 2.56 bits per heavy atom. The molecule has 2 fully saturated rings. The van der Waals surface area contributed by atoms with Crippen LogP contribution < -0.4 is 4.72 Å². The third-order valence-corrected chi connectivity index (χ3v) is 4.46. The van der Waals surface area contributed by atoms with Gasteiger partial charge in [0.05, 0.1) is 11.7 Å². The van der Waals surface area contributed by atoms with E-state index in [4.69, 9.17) is 0 Å². The number of rotatable bonds is 3. The normalized spacial score (nSPS) is 38.2. The molecule has 0 aromatic rings. The maximum absolute atomic E-state index is 11.9. The largest absolute Gasteiger partial charge is 0.299 e. The summed E-state index contributed by atoms with van der Waals surface area (Å²) in [5, 5.41) is 0. The second-order valence-electron chi connectivity index (χ2n) is 5.01. The molecule has 1 aliphatic carbocycles. The van der Waals surface area contributed by atoms with E-state index in [-0.39, 0.29) is 11.9 Å². The lowest BCUT2D eigenvalue weighted by molar-refractivity contribution is -0.124. The van der Waals surface area contributed by atoms with Crippen LogP contribution in [0.25, 0.3) is 0 Å². The van der Waals surface area contributed by atoms with Crippen LogP contribution in [0, 0.1) is 5.41 Å². The number of piperidine rings is 1. The number of amides is 1. The maximum atomic E-state index is 11.9. The van der Waals surface area contributed by atoms with Gasteiger partial charge in [-0.1, -0.05) is 6.92 Å². The van der Waals surface area contributed by atoms with E-state index in [1.165, 1.54) is 0 Å². The molecule has 5 nitrogen and oxygen atoms in total. The first kappa shape index (κ1) is 11.9. The Morgan fingerprint density at radius 1 is 1.50 bits per heavy atom. The molecular weight excluding hydrogens is 228 g/mol. The van der Waals surface area contributed by atoms with Gasteiger partial charge in [0.15, 0.2) is 0 Å². The van der Waals surface area contributed by atoms with Crippen LogP contribution in [0.3, 0.4) is 0 Å². The SMILES string of the molecule is CC[C@@H]1C[C@@]2(C(=O)NS(C)(=O)=O)CC2N1C. The van der Waals surface area contributed by atoms with Crippen molar-refractivity contribution in [3.63, 3.8) is 0 Å². The molecule has 0 aromatic heterocycles. The van der Waals surface area contributed by atoms with Crippen LogP contribution >= 0.6 is 0 Å². The molecule has 1 heterocycles. The van der Waals surface area contributed by atoms with Crippen molar-refractivity contribution in [3.8, 4) is 0 Å². The zero-order valence-electron chi connectivity index (χ0n) is 9.86. The number of fused-ring (bicyclic) bond motifs is 1. The van der Waals surface area contributed by atoms with E-state index in [0.717, 1.165) is 25.5 Å². The number of hydrogen-bond acceptors (Lipinski definition) is 4. The Morgan fingerprint density at radius 2 is 2.12 bits per heavy atom. The highest BCUT2D eigenvalue weighted by Gasteiger charge is 2.67. The van der Waals surface area contributed by atoms with Gasteiger partial charge in [-0.2, -0.15) is 0 Å². The van der Waals surface area contributed by atoms with Crippen molar-refractivity contribution in [3.05, 3.63) is 0 Å². The number of carbonyl (C=O) groups is 1. The van der Waals surface area contributed by atoms with Crippen molar-refractivity contribution in [2.24, 2.45) is 5.41 Å². The number of nitrogens with one attached hydrogen (secondary N) is 1. The predicted molar refractivity (Wildman–Crippen MR) is 60.3 cm³/mol. The van der Waals surface area contributed by atoms with E-state index in [0.29, 0.717) is 6.04 Å². The van der Waals surface area contributed by atoms with Gasteiger partial charge in [0, 0.05) is 12.1 Å². The molecule has 92 valence electrons. The van der Waals surface area contributed by atoms with Gasteiger partial charge in [0.25, 0.3) is 0 Å². The molecule has 1 aliphatic heterocycles. The van der Waals surface area contributed by atoms with Crippen molar-refractivity contribution in [1.82, 2.24) is 9.62 Å². The van der Waals surface area contributed by atoms with Crippen LogP contribution in [-0.4, -0.2) is 44.6 Å². The first-order valence-electron chi connectivity index (χ1n) is 5.54. The van der Waals surface area contributed by atoms with Crippen LogP contribution in [0.5, 0.6) is 0 Å². The minimum Gasteiger partial charge on any atom is -0.299 e. The Labute approximate surface area is 96.2 Å². The minimum atomic E-state index is -3.43. The van der Waals surface area contributed by atoms with E-state index in [1.807, 2.05) is 7.05 Å². The summed E-state index contributed by atoms with van der Waals surface area (Å²) in [5.41, 5.74) is -0.432. The first-order chi connectivity index (χ1) is 7.30. The van der Waals surface area contributed by atoms with E-state index in [9.17, 15) is 13.2 Å². The summed E-state index contributed by atoms with van der Waals surface area (Å²) in [7, 11) is -1.42. The summed E-state index contributed by atoms with van der Waals surface area (Å²) >= 11 is 0. The summed E-state index contributed by atoms with van der Waals surface area (Å²) in [6.07, 6.45) is 3.60. The average molecular weight is 246 g/mol. The lowest BCUT2D eigenvalue weighted by Gasteiger charge is -2.20. The number of hydrogen-bond donors (Lipinski definition) is 1. The highest BCUT2D eigenvalue weighted by atomic mass is 32.2. The lowest BCUT2D eigenvalue weighted by Crippen LogP contribution is -2.37. The van der Waals surface area contributed by atoms with Gasteiger partial charge in [-0.05, 0) is 26.3 Å². The zero-order valence-corrected chi connectivity index (χ0v) is 10.7. The van der Waals surface area contributed by atoms with Crippen molar-refractivity contribution in [2.75, 3.05) is 13.3 Å². The summed E-state index contributed by atoms with van der Waals surface area (Å²) in [5.74, 6) is -0.317. The number of sulfonamides is 1. The van der Waals surface area contributed by atoms with Gasteiger partial charge in [-0.25, -0.2) is 8.42 Å². The third-order valence-electron chi connectivity index (χ3n) is 3.90. The van der Waals surface area contributed by atoms with Gasteiger partial charge in [-0.3, -0.25) is 14.4 Å². The highest BCUT2D eigenvalue weighted by Crippen LogP contribution is 2.59. The predicted octanol–water partition coefficient (Wildman–Crippen LogP) is -0.0650. The van der Waals surface area contributed by atoms with Gasteiger partial charge >= 0.3 is 0 Å². The summed E-state index contributed by atoms with van der Waals surface area (Å²) in [4.78, 5) is 14.1. The molecule has 0 radical (unpaired) electrons. The Balaban J connectivity index is 2.10. The molecule has 16 heavy (non-hydrogen) atoms. The monoisotopic (exact) mass is 246 g/mol. The van der Waals surface area contributed by atoms with Gasteiger partial charge in [0.2, 0.25) is 15.9 Å². The van der Waals surface area contributed by atoms with Gasteiger partial charge in [0.1, 0.15) is 0 Å². The molecule has 1 saturated heterocycles. The first-order valence-corrected chi connectivity index (χ1v) is 7.43. The molecule has 1 amide bonds. The van der Waals surface area contributed by atoms with Gasteiger partial charge < -0.3 is 0 Å². The minimum absolute atomic E-state index is 0.235. The molecular formula is C10H18N2O3S. The molecule has 3 atom stereocenters. The van der Waals surface area contributed by atoms with E-state index < -0.39 is 15.4 Å². The molecule has 0 spiro atoms. The Kier molecular flexibility index (Phi) is 2.54. The molecule has 0 aromatic carbocycles. The summed E-state index contributed by atoms with van der Waals surface area (Å²) in [6.45, 7) is 2.09. The van der Waals surface area contributed by atoms with E-state index in [1.54, 1.807) is 0 Å². The van der Waals surface area contributed by atoms with Crippen molar-refractivity contribution in [1.29, 1.82) is 0 Å². The second-order valence-corrected chi connectivity index (χ2v) is 6.76. The molecule has 1 saturated carbocycles. The van der Waals surface area contributed by atoms with Crippen LogP contribution in [-0.2, 0) is 14.8 Å². The number of carbonyl (C=O) groups excluding carboxylic acids is 1. The topological polar surface area (TPSA) is 66.5 Å². The fourth-order valence-electron chi connectivity index (χ4n) is 2.90. The lowest BCUT2D eigenvalue weighted by atomic mass is 9.98. The molecule has 2 rings (SSSR count). The average Bonchev–Trinajstić information content (AvgIpc) is 2.80. The number of likely N-dealkylation sites (tertiary alicyclic amines) is 1. The van der Waals surface area contributed by atoms with Crippen LogP contribution in [0.4, 0.5) is 0 Å². The quantitative estimate of drug-likeness (QED) is 0.757. The van der Waals surface area contributed by atoms with Crippen molar-refractivity contribution >= 4 is 15.9 Å². The molecule has 1 N–H and O–H groups in total. The Bertz CT molecular complexity index is 420. The second kappa shape index (κ2) is 3.43. The fourth-order valence-corrected chi connectivity index (χ4v) is 3.44. The van der Waals surface area contributed by atoms with Crippen LogP contribution in [0.1, 0.15) is 26.2 Å². The standard InChI is InChI=1S/C10H18N2O3S/c1-4-7-5-10(6-8(10)12(7)2)9(13)11-16(3,14)15/h7-8H,4-6H2,1-3H3,(H,11,13)/t7-,8?,10-/m1/s1. The van der Waals surface area contributed by atoms with Gasteiger partial charge in [-0.15, -0.1) is 0 Å². The summed E-state index contributed by atoms with van der Waals surface area (Å²) < 4.78 is 24.2. The van der Waals surface area contributed by atoms with Crippen LogP contribution in [0.2, 0.25) is 0 Å². The number of nitrogens with zero attached hydrogens (tertiary/aromatic N) is 1.